The Labute approximate surface area is 139 Å². The summed E-state index contributed by atoms with van der Waals surface area (Å²) < 4.78 is 13.9. The summed E-state index contributed by atoms with van der Waals surface area (Å²) in [6.07, 6.45) is 1.35. The van der Waals surface area contributed by atoms with Gasteiger partial charge in [-0.15, -0.1) is 0 Å². The minimum atomic E-state index is -0.745. The summed E-state index contributed by atoms with van der Waals surface area (Å²) in [6, 6.07) is 11.6. The van der Waals surface area contributed by atoms with Gasteiger partial charge in [0, 0.05) is 38.9 Å². The Hall–Kier alpha value is -1.98. The Morgan fingerprint density at radius 3 is 2.52 bits per heavy atom. The fourth-order valence-corrected chi connectivity index (χ4v) is 2.86. The number of benzene rings is 1. The van der Waals surface area contributed by atoms with Crippen molar-refractivity contribution in [2.75, 3.05) is 26.2 Å². The van der Waals surface area contributed by atoms with Crippen LogP contribution in [0.1, 0.15) is 15.9 Å². The first kappa shape index (κ1) is 15.9. The van der Waals surface area contributed by atoms with Crippen LogP contribution in [0, 0.1) is 5.82 Å². The standard InChI is InChI=1S/C17H17ClFN3O/c18-16-15(19)14(6-7-20-16)17(23)22-10-8-21(9-11-22)12-13-4-2-1-3-5-13/h1-7H,8-12H2. The molecule has 0 bridgehead atoms. The van der Waals surface area contributed by atoms with Gasteiger partial charge in [-0.2, -0.15) is 0 Å². The average Bonchev–Trinajstić information content (AvgIpc) is 2.58. The van der Waals surface area contributed by atoms with Crippen molar-refractivity contribution >= 4 is 17.5 Å². The average molecular weight is 334 g/mol. The van der Waals surface area contributed by atoms with E-state index >= 15 is 0 Å². The number of hydrogen-bond acceptors (Lipinski definition) is 3. The number of carbonyl (C=O) groups is 1. The van der Waals surface area contributed by atoms with Crippen LogP contribution in [0.25, 0.3) is 0 Å². The minimum absolute atomic E-state index is 0.0125. The second kappa shape index (κ2) is 7.06. The molecule has 0 unspecified atom stereocenters. The smallest absolute Gasteiger partial charge is 0.257 e. The number of nitrogens with zero attached hydrogens (tertiary/aromatic N) is 3. The van der Waals surface area contributed by atoms with Gasteiger partial charge >= 0.3 is 0 Å². The van der Waals surface area contributed by atoms with Gasteiger partial charge in [0.15, 0.2) is 11.0 Å². The third-order valence-corrected chi connectivity index (χ3v) is 4.25. The summed E-state index contributed by atoms with van der Waals surface area (Å²) in [5, 5.41) is -0.265. The summed E-state index contributed by atoms with van der Waals surface area (Å²) in [5.74, 6) is -1.07. The van der Waals surface area contributed by atoms with Gasteiger partial charge in [-0.25, -0.2) is 9.37 Å². The lowest BCUT2D eigenvalue weighted by atomic mass is 10.1. The van der Waals surface area contributed by atoms with Gasteiger partial charge in [0.25, 0.3) is 5.91 Å². The zero-order valence-electron chi connectivity index (χ0n) is 12.6. The van der Waals surface area contributed by atoms with Crippen LogP contribution in [0.4, 0.5) is 4.39 Å². The molecule has 0 radical (unpaired) electrons. The highest BCUT2D eigenvalue weighted by Gasteiger charge is 2.25. The van der Waals surface area contributed by atoms with E-state index < -0.39 is 5.82 Å². The van der Waals surface area contributed by atoms with Gasteiger partial charge in [-0.3, -0.25) is 9.69 Å². The third kappa shape index (κ3) is 3.68. The molecule has 1 amide bonds. The van der Waals surface area contributed by atoms with Crippen LogP contribution in [0.15, 0.2) is 42.6 Å². The van der Waals surface area contributed by atoms with E-state index in [1.165, 1.54) is 17.8 Å². The Morgan fingerprint density at radius 2 is 1.83 bits per heavy atom. The van der Waals surface area contributed by atoms with Crippen LogP contribution >= 0.6 is 11.6 Å². The predicted molar refractivity (Wildman–Crippen MR) is 86.8 cm³/mol. The summed E-state index contributed by atoms with van der Waals surface area (Å²) in [6.45, 7) is 3.54. The topological polar surface area (TPSA) is 36.4 Å². The third-order valence-electron chi connectivity index (χ3n) is 3.99. The number of pyridine rings is 1. The monoisotopic (exact) mass is 333 g/mol. The second-order valence-corrected chi connectivity index (χ2v) is 5.88. The van der Waals surface area contributed by atoms with Crippen molar-refractivity contribution in [2.24, 2.45) is 0 Å². The molecule has 2 aromatic rings. The maximum absolute atomic E-state index is 13.9. The van der Waals surface area contributed by atoms with Crippen LogP contribution in [-0.2, 0) is 6.54 Å². The minimum Gasteiger partial charge on any atom is -0.336 e. The van der Waals surface area contributed by atoms with Crippen molar-refractivity contribution < 1.29 is 9.18 Å². The molecule has 1 fully saturated rings. The molecule has 1 aromatic carbocycles. The summed E-state index contributed by atoms with van der Waals surface area (Å²) in [5.41, 5.74) is 1.24. The van der Waals surface area contributed by atoms with Crippen LogP contribution < -0.4 is 0 Å². The SMILES string of the molecule is O=C(c1ccnc(Cl)c1F)N1CCN(Cc2ccccc2)CC1. The van der Waals surface area contributed by atoms with Crippen LogP contribution in [0.5, 0.6) is 0 Å². The van der Waals surface area contributed by atoms with Gasteiger partial charge in [0.05, 0.1) is 5.56 Å². The number of rotatable bonds is 3. The van der Waals surface area contributed by atoms with Crippen molar-refractivity contribution in [3.63, 3.8) is 0 Å². The molecule has 0 atom stereocenters. The molecule has 23 heavy (non-hydrogen) atoms. The number of aromatic nitrogens is 1. The van der Waals surface area contributed by atoms with E-state index in [0.29, 0.717) is 13.1 Å². The molecular formula is C17H17ClFN3O. The lowest BCUT2D eigenvalue weighted by Crippen LogP contribution is -2.48. The van der Waals surface area contributed by atoms with E-state index in [2.05, 4.69) is 22.0 Å². The highest BCUT2D eigenvalue weighted by molar-refractivity contribution is 6.29. The molecular weight excluding hydrogens is 317 g/mol. The summed E-state index contributed by atoms with van der Waals surface area (Å²) in [4.78, 5) is 20.0. The van der Waals surface area contributed by atoms with E-state index in [0.717, 1.165) is 19.6 Å². The van der Waals surface area contributed by atoms with E-state index in [1.54, 1.807) is 4.90 Å². The highest BCUT2D eigenvalue weighted by atomic mass is 35.5. The van der Waals surface area contributed by atoms with Gasteiger partial charge in [-0.1, -0.05) is 41.9 Å². The van der Waals surface area contributed by atoms with Gasteiger partial charge in [-0.05, 0) is 11.6 Å². The zero-order chi connectivity index (χ0) is 16.2. The zero-order valence-corrected chi connectivity index (χ0v) is 13.3. The molecule has 1 saturated heterocycles. The molecule has 1 aliphatic rings. The number of amides is 1. The number of carbonyl (C=O) groups excluding carboxylic acids is 1. The van der Waals surface area contributed by atoms with Crippen molar-refractivity contribution in [2.45, 2.75) is 6.54 Å². The molecule has 0 saturated carbocycles. The molecule has 4 nitrogen and oxygen atoms in total. The number of halogens is 2. The number of hydrogen-bond donors (Lipinski definition) is 0. The quantitative estimate of drug-likeness (QED) is 0.810. The Morgan fingerprint density at radius 1 is 1.13 bits per heavy atom. The molecule has 120 valence electrons. The normalized spacial score (nSPS) is 15.7. The Kier molecular flexibility index (Phi) is 4.88. The fraction of sp³-hybridized carbons (Fsp3) is 0.294. The lowest BCUT2D eigenvalue weighted by Gasteiger charge is -2.34. The number of piperazine rings is 1. The van der Waals surface area contributed by atoms with Crippen molar-refractivity contribution in [1.29, 1.82) is 0 Å². The van der Waals surface area contributed by atoms with Gasteiger partial charge in [0.2, 0.25) is 0 Å². The first-order chi connectivity index (χ1) is 11.1. The van der Waals surface area contributed by atoms with Crippen LogP contribution in [0.3, 0.4) is 0 Å². The molecule has 1 aliphatic heterocycles. The van der Waals surface area contributed by atoms with E-state index in [4.69, 9.17) is 11.6 Å². The molecule has 6 heteroatoms. The molecule has 2 heterocycles. The maximum atomic E-state index is 13.9. The lowest BCUT2D eigenvalue weighted by molar-refractivity contribution is 0.0624. The molecule has 1 aromatic heterocycles. The van der Waals surface area contributed by atoms with Crippen molar-refractivity contribution in [1.82, 2.24) is 14.8 Å². The van der Waals surface area contributed by atoms with Crippen molar-refractivity contribution in [3.05, 3.63) is 64.7 Å². The summed E-state index contributed by atoms with van der Waals surface area (Å²) >= 11 is 5.65. The first-order valence-electron chi connectivity index (χ1n) is 7.50. The largest absolute Gasteiger partial charge is 0.336 e. The van der Waals surface area contributed by atoms with Crippen LogP contribution in [0.2, 0.25) is 5.15 Å². The summed E-state index contributed by atoms with van der Waals surface area (Å²) in [7, 11) is 0. The Balaban J connectivity index is 1.60. The van der Waals surface area contributed by atoms with Gasteiger partial charge in [0.1, 0.15) is 0 Å². The van der Waals surface area contributed by atoms with E-state index in [1.807, 2.05) is 18.2 Å². The molecule has 0 spiro atoms. The first-order valence-corrected chi connectivity index (χ1v) is 7.88. The maximum Gasteiger partial charge on any atom is 0.257 e. The predicted octanol–water partition coefficient (Wildman–Crippen LogP) is 2.83. The van der Waals surface area contributed by atoms with Crippen LogP contribution in [-0.4, -0.2) is 46.9 Å². The Bertz CT molecular complexity index is 687. The highest BCUT2D eigenvalue weighted by Crippen LogP contribution is 2.18. The fourth-order valence-electron chi connectivity index (χ4n) is 2.70. The molecule has 0 N–H and O–H groups in total. The van der Waals surface area contributed by atoms with E-state index in [-0.39, 0.29) is 16.6 Å². The van der Waals surface area contributed by atoms with E-state index in [9.17, 15) is 9.18 Å². The molecule has 3 rings (SSSR count). The van der Waals surface area contributed by atoms with Gasteiger partial charge < -0.3 is 4.90 Å². The van der Waals surface area contributed by atoms with Crippen molar-refractivity contribution in [3.8, 4) is 0 Å². The molecule has 0 aliphatic carbocycles. The second-order valence-electron chi connectivity index (χ2n) is 5.52.